The molecule has 0 radical (unpaired) electrons. The maximum Gasteiger partial charge on any atom is 0.0363 e. The summed E-state index contributed by atoms with van der Waals surface area (Å²) in [5.74, 6) is 0.832. The van der Waals surface area contributed by atoms with E-state index in [1.165, 1.54) is 84.0 Å². The van der Waals surface area contributed by atoms with Crippen molar-refractivity contribution in [2.24, 2.45) is 11.3 Å². The molecule has 2 bridgehead atoms. The zero-order chi connectivity index (χ0) is 15.3. The number of hydrogen-bond acceptors (Lipinski definition) is 3. The highest BCUT2D eigenvalue weighted by Gasteiger charge is 2.56. The second-order valence-corrected chi connectivity index (χ2v) is 8.87. The highest BCUT2D eigenvalue weighted by Crippen LogP contribution is 2.52. The van der Waals surface area contributed by atoms with Gasteiger partial charge in [0.2, 0.25) is 0 Å². The van der Waals surface area contributed by atoms with E-state index in [1.54, 1.807) is 5.57 Å². The third-order valence-electron chi connectivity index (χ3n) is 7.64. The van der Waals surface area contributed by atoms with Crippen LogP contribution in [0.4, 0.5) is 0 Å². The first-order valence-electron chi connectivity index (χ1n) is 10.3. The lowest BCUT2D eigenvalue weighted by Gasteiger charge is -2.62. The third kappa shape index (κ3) is 2.34. The smallest absolute Gasteiger partial charge is 0.0363 e. The van der Waals surface area contributed by atoms with Crippen molar-refractivity contribution >= 4 is 0 Å². The molecule has 0 aromatic rings. The molecule has 5 atom stereocenters. The molecule has 0 aromatic carbocycles. The van der Waals surface area contributed by atoms with Crippen LogP contribution in [-0.4, -0.2) is 49.2 Å². The Hall–Kier alpha value is -0.380. The maximum absolute atomic E-state index is 3.98. The van der Waals surface area contributed by atoms with E-state index in [2.05, 4.69) is 21.6 Å². The Labute approximate surface area is 141 Å². The van der Waals surface area contributed by atoms with Gasteiger partial charge < -0.3 is 10.6 Å². The lowest BCUT2D eigenvalue weighted by atomic mass is 9.56. The fourth-order valence-electron chi connectivity index (χ4n) is 6.73. The Morgan fingerprint density at radius 3 is 2.83 bits per heavy atom. The number of hydrogen-bond donors (Lipinski definition) is 2. The molecular weight excluding hydrogens is 282 g/mol. The van der Waals surface area contributed by atoms with Gasteiger partial charge in [0.1, 0.15) is 0 Å². The molecule has 0 saturated carbocycles. The van der Waals surface area contributed by atoms with Gasteiger partial charge in [-0.25, -0.2) is 0 Å². The topological polar surface area (TPSA) is 27.3 Å². The number of nitrogens with one attached hydrogen (secondary N) is 2. The van der Waals surface area contributed by atoms with E-state index >= 15 is 0 Å². The van der Waals surface area contributed by atoms with Gasteiger partial charge in [0.05, 0.1) is 0 Å². The Morgan fingerprint density at radius 2 is 1.91 bits per heavy atom. The zero-order valence-corrected chi connectivity index (χ0v) is 14.5. The Balaban J connectivity index is 1.54. The lowest BCUT2D eigenvalue weighted by molar-refractivity contribution is -0.0562. The standard InChI is InChI=1S/C20H33N3/c1-3-9-21-18(8-1)20-13-16(12-15-6-5-10-22-19(15)20)17-7-2-4-11-23(17)14-20/h12,16-19,21-22H,1-11,13-14H2/t16-,17-,18-,19+,20+/m1/s1. The van der Waals surface area contributed by atoms with Gasteiger partial charge in [-0.05, 0) is 70.5 Å². The lowest BCUT2D eigenvalue weighted by Crippen LogP contribution is -2.70. The van der Waals surface area contributed by atoms with Crippen LogP contribution in [0.3, 0.4) is 0 Å². The molecule has 2 N–H and O–H groups in total. The van der Waals surface area contributed by atoms with Gasteiger partial charge in [-0.2, -0.15) is 0 Å². The summed E-state index contributed by atoms with van der Waals surface area (Å²) in [7, 11) is 0. The molecule has 23 heavy (non-hydrogen) atoms. The predicted molar refractivity (Wildman–Crippen MR) is 94.5 cm³/mol. The predicted octanol–water partition coefficient (Wildman–Crippen LogP) is 2.68. The van der Waals surface area contributed by atoms with E-state index in [0.717, 1.165) is 18.0 Å². The molecule has 5 rings (SSSR count). The molecule has 0 amide bonds. The van der Waals surface area contributed by atoms with Crippen molar-refractivity contribution in [3.05, 3.63) is 11.6 Å². The SMILES string of the molecule is C1=C2CCCN[C@@H]2[C@@]2([C@H]3CCCCN3)C[C@@H]1[C@H]1CCCCN1C2. The van der Waals surface area contributed by atoms with Crippen LogP contribution in [-0.2, 0) is 0 Å². The van der Waals surface area contributed by atoms with Gasteiger partial charge in [-0.3, -0.25) is 4.90 Å². The summed E-state index contributed by atoms with van der Waals surface area (Å²) in [5, 5.41) is 7.94. The van der Waals surface area contributed by atoms with Crippen LogP contribution in [0, 0.1) is 11.3 Å². The number of nitrogens with zero attached hydrogens (tertiary/aromatic N) is 1. The minimum Gasteiger partial charge on any atom is -0.313 e. The second-order valence-electron chi connectivity index (χ2n) is 8.87. The summed E-state index contributed by atoms with van der Waals surface area (Å²) in [4.78, 5) is 2.90. The quantitative estimate of drug-likeness (QED) is 0.729. The minimum absolute atomic E-state index is 0.462. The first-order valence-corrected chi connectivity index (χ1v) is 10.3. The molecule has 0 aromatic heterocycles. The van der Waals surface area contributed by atoms with Crippen LogP contribution in [0.1, 0.15) is 57.8 Å². The third-order valence-corrected chi connectivity index (χ3v) is 7.64. The van der Waals surface area contributed by atoms with E-state index in [9.17, 15) is 0 Å². The summed E-state index contributed by atoms with van der Waals surface area (Å²) in [6.45, 7) is 5.17. The van der Waals surface area contributed by atoms with E-state index < -0.39 is 0 Å². The minimum atomic E-state index is 0.462. The van der Waals surface area contributed by atoms with Gasteiger partial charge in [-0.15, -0.1) is 0 Å². The molecule has 128 valence electrons. The number of rotatable bonds is 1. The average molecular weight is 316 g/mol. The molecule has 4 saturated heterocycles. The van der Waals surface area contributed by atoms with Crippen molar-refractivity contribution in [1.82, 2.24) is 15.5 Å². The summed E-state index contributed by atoms with van der Waals surface area (Å²) in [6, 6.07) is 2.25. The van der Waals surface area contributed by atoms with Crippen LogP contribution in [0.15, 0.2) is 11.6 Å². The van der Waals surface area contributed by atoms with Crippen LogP contribution >= 0.6 is 0 Å². The molecule has 0 spiro atoms. The van der Waals surface area contributed by atoms with E-state index in [-0.39, 0.29) is 0 Å². The highest BCUT2D eigenvalue weighted by molar-refractivity contribution is 5.29. The monoisotopic (exact) mass is 315 g/mol. The fraction of sp³-hybridized carbons (Fsp3) is 0.900. The second kappa shape index (κ2) is 5.86. The highest BCUT2D eigenvalue weighted by atomic mass is 15.2. The fourth-order valence-corrected chi connectivity index (χ4v) is 6.73. The molecule has 1 aliphatic carbocycles. The first-order chi connectivity index (χ1) is 11.4. The van der Waals surface area contributed by atoms with Crippen LogP contribution in [0.2, 0.25) is 0 Å². The summed E-state index contributed by atoms with van der Waals surface area (Å²) in [6.07, 6.45) is 15.4. The van der Waals surface area contributed by atoms with E-state index in [0.29, 0.717) is 11.5 Å². The molecule has 3 heteroatoms. The molecular formula is C20H33N3. The van der Waals surface area contributed by atoms with Gasteiger partial charge >= 0.3 is 0 Å². The van der Waals surface area contributed by atoms with Gasteiger partial charge in [0.15, 0.2) is 0 Å². The molecule has 4 aliphatic heterocycles. The van der Waals surface area contributed by atoms with Crippen molar-refractivity contribution < 1.29 is 0 Å². The zero-order valence-electron chi connectivity index (χ0n) is 14.5. The Morgan fingerprint density at radius 1 is 1.00 bits per heavy atom. The van der Waals surface area contributed by atoms with Crippen LogP contribution in [0.5, 0.6) is 0 Å². The van der Waals surface area contributed by atoms with E-state index in [4.69, 9.17) is 0 Å². The Bertz CT molecular complexity index is 481. The van der Waals surface area contributed by atoms with Gasteiger partial charge in [0, 0.05) is 30.1 Å². The average Bonchev–Trinajstić information content (AvgIpc) is 2.63. The van der Waals surface area contributed by atoms with Crippen LogP contribution < -0.4 is 10.6 Å². The van der Waals surface area contributed by atoms with E-state index in [1.807, 2.05) is 0 Å². The normalized spacial score (nSPS) is 47.4. The maximum atomic E-state index is 3.98. The Kier molecular flexibility index (Phi) is 3.80. The molecule has 4 fully saturated rings. The van der Waals surface area contributed by atoms with Crippen molar-refractivity contribution in [2.45, 2.75) is 75.9 Å². The van der Waals surface area contributed by atoms with Crippen molar-refractivity contribution in [3.63, 3.8) is 0 Å². The summed E-state index contributed by atoms with van der Waals surface area (Å²) < 4.78 is 0. The number of piperidine rings is 4. The van der Waals surface area contributed by atoms with Crippen LogP contribution in [0.25, 0.3) is 0 Å². The molecule has 0 unspecified atom stereocenters. The largest absolute Gasteiger partial charge is 0.313 e. The van der Waals surface area contributed by atoms with Crippen molar-refractivity contribution in [1.29, 1.82) is 0 Å². The molecule has 5 aliphatic rings. The first kappa shape index (κ1) is 14.9. The van der Waals surface area contributed by atoms with Gasteiger partial charge in [0.25, 0.3) is 0 Å². The summed E-state index contributed by atoms with van der Waals surface area (Å²) >= 11 is 0. The van der Waals surface area contributed by atoms with Gasteiger partial charge in [-0.1, -0.05) is 24.5 Å². The number of fused-ring (bicyclic) bond motifs is 6. The van der Waals surface area contributed by atoms with Crippen molar-refractivity contribution in [2.75, 3.05) is 26.2 Å². The van der Waals surface area contributed by atoms with Crippen molar-refractivity contribution in [3.8, 4) is 0 Å². The summed E-state index contributed by atoms with van der Waals surface area (Å²) in [5.41, 5.74) is 2.24. The molecule has 3 nitrogen and oxygen atoms in total. The molecule has 4 heterocycles.